The second kappa shape index (κ2) is 9.53. The number of hydrogen-bond donors (Lipinski definition) is 0. The Morgan fingerprint density at radius 2 is 1.70 bits per heavy atom. The number of hydrogen-bond acceptors (Lipinski definition) is 2. The molecule has 0 aromatic heterocycles. The summed E-state index contributed by atoms with van der Waals surface area (Å²) >= 11 is 11.0. The van der Waals surface area contributed by atoms with Crippen LogP contribution in [-0.4, -0.2) is 14.9 Å². The maximum atomic E-state index is 6.42. The van der Waals surface area contributed by atoms with Gasteiger partial charge in [-0.05, 0) is 67.8 Å². The van der Waals surface area contributed by atoms with E-state index in [1.54, 1.807) is 0 Å². The van der Waals surface area contributed by atoms with Gasteiger partial charge in [0.1, 0.15) is 0 Å². The summed E-state index contributed by atoms with van der Waals surface area (Å²) in [6.45, 7) is 14.3. The van der Waals surface area contributed by atoms with E-state index >= 15 is 0 Å². The highest BCUT2D eigenvalue weighted by atomic mass is 79.9. The van der Waals surface area contributed by atoms with E-state index in [2.05, 4.69) is 68.6 Å². The highest BCUT2D eigenvalue weighted by molar-refractivity contribution is 9.10. The average molecular weight is 434 g/mol. The quantitative estimate of drug-likeness (QED) is 0.263. The van der Waals surface area contributed by atoms with E-state index in [0.717, 1.165) is 14.4 Å². The van der Waals surface area contributed by atoms with Crippen molar-refractivity contribution in [1.82, 2.24) is 0 Å². The van der Waals surface area contributed by atoms with Gasteiger partial charge in [-0.2, -0.15) is 0 Å². The van der Waals surface area contributed by atoms with Gasteiger partial charge in [-0.3, -0.25) is 0 Å². The zero-order valence-electron chi connectivity index (χ0n) is 14.7. The van der Waals surface area contributed by atoms with Crippen molar-refractivity contribution in [2.45, 2.75) is 63.1 Å². The smallest absolute Gasteiger partial charge is 0.201 e. The van der Waals surface area contributed by atoms with Crippen LogP contribution in [0.4, 0.5) is 0 Å². The zero-order valence-corrected chi connectivity index (χ0v) is 18.9. The molecule has 0 amide bonds. The first-order valence-electron chi connectivity index (χ1n) is 7.95. The first kappa shape index (κ1) is 21.1. The fourth-order valence-electron chi connectivity index (χ4n) is 3.34. The molecular weight excluding hydrogens is 408 g/mol. The summed E-state index contributed by atoms with van der Waals surface area (Å²) in [5.74, 6) is 3.17. The van der Waals surface area contributed by atoms with Crippen LogP contribution in [0.25, 0.3) is 0 Å². The average Bonchev–Trinajstić information content (AvgIpc) is 2.43. The predicted octanol–water partition coefficient (Wildman–Crippen LogP) is 7.35. The molecule has 128 valence electrons. The van der Waals surface area contributed by atoms with Gasteiger partial charge in [-0.15, -0.1) is 0 Å². The van der Waals surface area contributed by atoms with E-state index in [4.69, 9.17) is 16.0 Å². The lowest BCUT2D eigenvalue weighted by Gasteiger charge is -2.41. The van der Waals surface area contributed by atoms with Crippen LogP contribution in [0.5, 0.6) is 0 Å². The summed E-state index contributed by atoms with van der Waals surface area (Å²) in [5, 5.41) is 3.86. The molecule has 0 saturated carbocycles. The Hall–Kier alpha value is 0.0769. The molecule has 0 aliphatic carbocycles. The first-order chi connectivity index (χ1) is 10.7. The molecule has 5 heteroatoms. The Morgan fingerprint density at radius 1 is 1.13 bits per heavy atom. The van der Waals surface area contributed by atoms with Crippen molar-refractivity contribution in [3.8, 4) is 11.2 Å². The van der Waals surface area contributed by atoms with Crippen molar-refractivity contribution in [3.63, 3.8) is 0 Å². The standard InChI is InChI=1S/C18H26BrClOSSi/c1-13(2)23(14(3)4,15(5)6)21-10-7-11-22-18-9-8-16(20)12-17(18)19/h8-9,12-15H,10H2,1-6H3. The van der Waals surface area contributed by atoms with Crippen molar-refractivity contribution < 1.29 is 4.43 Å². The third-order valence-corrected chi connectivity index (χ3v) is 12.3. The van der Waals surface area contributed by atoms with Gasteiger partial charge in [0.15, 0.2) is 0 Å². The van der Waals surface area contributed by atoms with Crippen LogP contribution in [0.15, 0.2) is 27.6 Å². The predicted molar refractivity (Wildman–Crippen MR) is 110 cm³/mol. The van der Waals surface area contributed by atoms with Crippen LogP contribution in [-0.2, 0) is 4.43 Å². The van der Waals surface area contributed by atoms with Crippen molar-refractivity contribution in [3.05, 3.63) is 27.7 Å². The van der Waals surface area contributed by atoms with E-state index < -0.39 is 8.32 Å². The third-order valence-electron chi connectivity index (χ3n) is 4.23. The Kier molecular flexibility index (Phi) is 8.75. The van der Waals surface area contributed by atoms with Crippen molar-refractivity contribution in [1.29, 1.82) is 0 Å². The summed E-state index contributed by atoms with van der Waals surface area (Å²) in [6.07, 6.45) is 0. The molecule has 1 rings (SSSR count). The Morgan fingerprint density at radius 3 is 2.17 bits per heavy atom. The minimum Gasteiger partial charge on any atom is -0.405 e. The van der Waals surface area contributed by atoms with Crippen LogP contribution in [0.2, 0.25) is 21.6 Å². The maximum absolute atomic E-state index is 6.42. The largest absolute Gasteiger partial charge is 0.405 e. The fraction of sp³-hybridized carbons (Fsp3) is 0.556. The van der Waals surface area contributed by atoms with Gasteiger partial charge in [-0.25, -0.2) is 0 Å². The zero-order chi connectivity index (χ0) is 17.6. The molecule has 1 aromatic rings. The van der Waals surface area contributed by atoms with E-state index in [-0.39, 0.29) is 0 Å². The van der Waals surface area contributed by atoms with Crippen molar-refractivity contribution in [2.24, 2.45) is 0 Å². The van der Waals surface area contributed by atoms with Gasteiger partial charge in [0.05, 0.1) is 6.61 Å². The highest BCUT2D eigenvalue weighted by Crippen LogP contribution is 2.42. The highest BCUT2D eigenvalue weighted by Gasteiger charge is 2.44. The van der Waals surface area contributed by atoms with Crippen LogP contribution in [0.3, 0.4) is 0 Å². The van der Waals surface area contributed by atoms with Crippen LogP contribution >= 0.6 is 39.3 Å². The number of halogens is 2. The van der Waals surface area contributed by atoms with E-state index in [1.165, 1.54) is 11.8 Å². The number of benzene rings is 1. The molecule has 0 spiro atoms. The number of thioether (sulfide) groups is 1. The second-order valence-electron chi connectivity index (χ2n) is 6.56. The molecule has 0 N–H and O–H groups in total. The summed E-state index contributed by atoms with van der Waals surface area (Å²) < 4.78 is 7.39. The monoisotopic (exact) mass is 432 g/mol. The summed E-state index contributed by atoms with van der Waals surface area (Å²) in [7, 11) is -1.81. The molecule has 0 radical (unpaired) electrons. The first-order valence-corrected chi connectivity index (χ1v) is 12.1. The molecule has 1 aromatic carbocycles. The fourth-order valence-corrected chi connectivity index (χ4v) is 10.1. The van der Waals surface area contributed by atoms with Gasteiger partial charge >= 0.3 is 0 Å². The summed E-state index contributed by atoms with van der Waals surface area (Å²) in [5.41, 5.74) is 1.76. The summed E-state index contributed by atoms with van der Waals surface area (Å²) in [6, 6.07) is 5.74. The lowest BCUT2D eigenvalue weighted by atomic mass is 10.4. The molecule has 0 saturated heterocycles. The third kappa shape index (κ3) is 5.54. The maximum Gasteiger partial charge on any atom is 0.201 e. The SMILES string of the molecule is CC(C)[Si](OCC#CSc1ccc(Cl)cc1Br)(C(C)C)C(C)C. The molecule has 0 heterocycles. The van der Waals surface area contributed by atoms with Crippen LogP contribution in [0, 0.1) is 11.2 Å². The number of rotatable bonds is 6. The molecular formula is C18H26BrClOSSi. The molecule has 0 aliphatic heterocycles. The lowest BCUT2D eigenvalue weighted by Crippen LogP contribution is -2.47. The van der Waals surface area contributed by atoms with Crippen molar-refractivity contribution >= 4 is 47.6 Å². The second-order valence-corrected chi connectivity index (χ2v) is 14.2. The molecule has 0 atom stereocenters. The minimum absolute atomic E-state index is 0.513. The van der Waals surface area contributed by atoms with Gasteiger partial charge in [0, 0.05) is 14.4 Å². The Balaban J connectivity index is 2.71. The minimum atomic E-state index is -1.81. The normalized spacial score (nSPS) is 12.0. The van der Waals surface area contributed by atoms with Gasteiger partial charge in [0.25, 0.3) is 0 Å². The lowest BCUT2D eigenvalue weighted by molar-refractivity contribution is 0.322. The van der Waals surface area contributed by atoms with Gasteiger partial charge in [-0.1, -0.05) is 59.1 Å². The van der Waals surface area contributed by atoms with Gasteiger partial charge in [0.2, 0.25) is 8.32 Å². The molecule has 0 unspecified atom stereocenters. The van der Waals surface area contributed by atoms with E-state index in [1.807, 2.05) is 18.2 Å². The van der Waals surface area contributed by atoms with Gasteiger partial charge < -0.3 is 4.43 Å². The molecule has 0 aliphatic rings. The van der Waals surface area contributed by atoms with Crippen LogP contribution < -0.4 is 0 Å². The summed E-state index contributed by atoms with van der Waals surface area (Å²) in [4.78, 5) is 1.07. The van der Waals surface area contributed by atoms with E-state index in [9.17, 15) is 0 Å². The van der Waals surface area contributed by atoms with Crippen LogP contribution in [0.1, 0.15) is 41.5 Å². The van der Waals surface area contributed by atoms with E-state index in [0.29, 0.717) is 23.2 Å². The molecule has 1 nitrogen and oxygen atoms in total. The Labute approximate surface area is 160 Å². The molecule has 23 heavy (non-hydrogen) atoms. The molecule has 0 bridgehead atoms. The topological polar surface area (TPSA) is 9.23 Å². The van der Waals surface area contributed by atoms with Crippen molar-refractivity contribution in [2.75, 3.05) is 6.61 Å². The Bertz CT molecular complexity index is 556. The molecule has 0 fully saturated rings.